The quantitative estimate of drug-likeness (QED) is 0.616. The molecule has 0 unspecified atom stereocenters. The van der Waals surface area contributed by atoms with Crippen molar-refractivity contribution in [1.82, 2.24) is 20.4 Å². The molecule has 0 aromatic carbocycles. The predicted molar refractivity (Wildman–Crippen MR) is 56.7 cm³/mol. The summed E-state index contributed by atoms with van der Waals surface area (Å²) in [6, 6.07) is -0.150. The summed E-state index contributed by atoms with van der Waals surface area (Å²) < 4.78 is 0. The third kappa shape index (κ3) is 1.94. The highest BCUT2D eigenvalue weighted by Gasteiger charge is 2.18. The second-order valence-corrected chi connectivity index (χ2v) is 3.78. The van der Waals surface area contributed by atoms with Crippen molar-refractivity contribution in [1.29, 1.82) is 0 Å². The Hall–Kier alpha value is -1.56. The highest BCUT2D eigenvalue weighted by molar-refractivity contribution is 5.88. The number of H-pyrrole nitrogens is 1. The van der Waals surface area contributed by atoms with Gasteiger partial charge in [-0.1, -0.05) is 0 Å². The number of amides is 2. The second kappa shape index (κ2) is 3.90. The van der Waals surface area contributed by atoms with Gasteiger partial charge >= 0.3 is 6.03 Å². The number of hydrogen-bond donors (Lipinski definition) is 3. The summed E-state index contributed by atoms with van der Waals surface area (Å²) in [5, 5.41) is 13.0. The number of carbonyl (C=O) groups is 1. The molecular weight excluding hydrogens is 194 g/mol. The first-order chi connectivity index (χ1) is 7.18. The normalized spacial score (nSPS) is 14.5. The number of urea groups is 1. The highest BCUT2D eigenvalue weighted by Crippen LogP contribution is 2.19. The SMILES string of the molecule is CN(C)C(=O)Nc1n[nH]c2c1CCNC2. The van der Waals surface area contributed by atoms with E-state index < -0.39 is 0 Å². The zero-order valence-electron chi connectivity index (χ0n) is 8.92. The van der Waals surface area contributed by atoms with E-state index in [1.165, 1.54) is 4.90 Å². The number of fused-ring (bicyclic) bond motifs is 1. The minimum absolute atomic E-state index is 0.150. The number of carbonyl (C=O) groups excluding carboxylic acids is 1. The van der Waals surface area contributed by atoms with Crippen LogP contribution in [0.15, 0.2) is 0 Å². The van der Waals surface area contributed by atoms with Gasteiger partial charge in [0.2, 0.25) is 0 Å². The predicted octanol–water partition coefficient (Wildman–Crippen LogP) is 0.149. The average Bonchev–Trinajstić information content (AvgIpc) is 2.62. The summed E-state index contributed by atoms with van der Waals surface area (Å²) in [4.78, 5) is 12.9. The molecule has 2 heterocycles. The van der Waals surface area contributed by atoms with Gasteiger partial charge in [-0.3, -0.25) is 10.4 Å². The lowest BCUT2D eigenvalue weighted by Gasteiger charge is -2.14. The molecule has 82 valence electrons. The molecule has 0 atom stereocenters. The number of nitrogens with one attached hydrogen (secondary N) is 3. The van der Waals surface area contributed by atoms with Crippen molar-refractivity contribution in [2.24, 2.45) is 0 Å². The standard InChI is InChI=1S/C9H15N5O/c1-14(2)9(15)11-8-6-3-4-10-5-7(6)12-13-8/h10H,3-5H2,1-2H3,(H2,11,12,13,15). The molecule has 6 nitrogen and oxygen atoms in total. The van der Waals surface area contributed by atoms with Crippen LogP contribution in [-0.4, -0.2) is 41.8 Å². The van der Waals surface area contributed by atoms with E-state index in [0.717, 1.165) is 30.8 Å². The molecule has 2 amide bonds. The third-order valence-corrected chi connectivity index (χ3v) is 2.44. The van der Waals surface area contributed by atoms with E-state index in [2.05, 4.69) is 20.8 Å². The van der Waals surface area contributed by atoms with Gasteiger partial charge < -0.3 is 10.2 Å². The number of nitrogens with zero attached hydrogens (tertiary/aromatic N) is 2. The fourth-order valence-electron chi connectivity index (χ4n) is 1.56. The molecule has 0 aliphatic carbocycles. The number of rotatable bonds is 1. The number of aromatic amines is 1. The van der Waals surface area contributed by atoms with Gasteiger partial charge in [-0.05, 0) is 13.0 Å². The van der Waals surface area contributed by atoms with Crippen LogP contribution >= 0.6 is 0 Å². The average molecular weight is 209 g/mol. The van der Waals surface area contributed by atoms with E-state index in [-0.39, 0.29) is 6.03 Å². The monoisotopic (exact) mass is 209 g/mol. The summed E-state index contributed by atoms with van der Waals surface area (Å²) in [6.07, 6.45) is 0.898. The third-order valence-electron chi connectivity index (χ3n) is 2.44. The molecule has 2 rings (SSSR count). The molecule has 0 saturated carbocycles. The summed E-state index contributed by atoms with van der Waals surface area (Å²) >= 11 is 0. The van der Waals surface area contributed by atoms with Gasteiger partial charge in [0, 0.05) is 26.2 Å². The van der Waals surface area contributed by atoms with Crippen molar-refractivity contribution in [2.45, 2.75) is 13.0 Å². The summed E-state index contributed by atoms with van der Waals surface area (Å²) in [5.41, 5.74) is 2.18. The van der Waals surface area contributed by atoms with Crippen LogP contribution in [0.5, 0.6) is 0 Å². The van der Waals surface area contributed by atoms with E-state index in [4.69, 9.17) is 0 Å². The number of anilines is 1. The van der Waals surface area contributed by atoms with E-state index in [9.17, 15) is 4.79 Å². The molecule has 0 spiro atoms. The Morgan fingerprint density at radius 1 is 1.53 bits per heavy atom. The van der Waals surface area contributed by atoms with Crippen LogP contribution < -0.4 is 10.6 Å². The van der Waals surface area contributed by atoms with E-state index in [1.54, 1.807) is 14.1 Å². The minimum Gasteiger partial charge on any atom is -0.331 e. The largest absolute Gasteiger partial charge is 0.331 e. The van der Waals surface area contributed by atoms with Gasteiger partial charge in [0.25, 0.3) is 0 Å². The van der Waals surface area contributed by atoms with Gasteiger partial charge in [-0.15, -0.1) is 0 Å². The van der Waals surface area contributed by atoms with Gasteiger partial charge in [-0.25, -0.2) is 4.79 Å². The lowest BCUT2D eigenvalue weighted by Crippen LogP contribution is -2.29. The Morgan fingerprint density at radius 2 is 2.33 bits per heavy atom. The van der Waals surface area contributed by atoms with Gasteiger partial charge in [-0.2, -0.15) is 5.10 Å². The van der Waals surface area contributed by atoms with Crippen LogP contribution in [0.2, 0.25) is 0 Å². The van der Waals surface area contributed by atoms with Crippen molar-refractivity contribution < 1.29 is 4.79 Å². The van der Waals surface area contributed by atoms with Crippen LogP contribution in [0.25, 0.3) is 0 Å². The number of hydrogen-bond acceptors (Lipinski definition) is 3. The van der Waals surface area contributed by atoms with Crippen LogP contribution in [0.3, 0.4) is 0 Å². The molecule has 3 N–H and O–H groups in total. The smallest absolute Gasteiger partial charge is 0.322 e. The topological polar surface area (TPSA) is 73.0 Å². The molecular formula is C9H15N5O. The van der Waals surface area contributed by atoms with Gasteiger partial charge in [0.05, 0.1) is 5.69 Å². The Labute approximate surface area is 88.0 Å². The van der Waals surface area contributed by atoms with Crippen molar-refractivity contribution in [3.05, 3.63) is 11.3 Å². The second-order valence-electron chi connectivity index (χ2n) is 3.78. The lowest BCUT2D eigenvalue weighted by molar-refractivity contribution is 0.230. The molecule has 15 heavy (non-hydrogen) atoms. The highest BCUT2D eigenvalue weighted by atomic mass is 16.2. The summed E-state index contributed by atoms with van der Waals surface area (Å²) in [7, 11) is 3.41. The zero-order valence-corrected chi connectivity index (χ0v) is 8.92. The molecule has 1 aliphatic heterocycles. The van der Waals surface area contributed by atoms with Crippen molar-refractivity contribution in [2.75, 3.05) is 26.0 Å². The molecule has 1 aromatic rings. The maximum atomic E-state index is 11.4. The first kappa shape index (κ1) is 9.97. The van der Waals surface area contributed by atoms with Crippen molar-refractivity contribution >= 4 is 11.8 Å². The molecule has 0 saturated heterocycles. The van der Waals surface area contributed by atoms with Crippen molar-refractivity contribution in [3.8, 4) is 0 Å². The summed E-state index contributed by atoms with van der Waals surface area (Å²) in [5.74, 6) is 0.658. The van der Waals surface area contributed by atoms with E-state index in [1.807, 2.05) is 0 Å². The Bertz CT molecular complexity index is 371. The van der Waals surface area contributed by atoms with Crippen molar-refractivity contribution in [3.63, 3.8) is 0 Å². The van der Waals surface area contributed by atoms with E-state index in [0.29, 0.717) is 5.82 Å². The van der Waals surface area contributed by atoms with Crippen LogP contribution in [0.4, 0.5) is 10.6 Å². The van der Waals surface area contributed by atoms with Crippen LogP contribution in [0, 0.1) is 0 Å². The first-order valence-corrected chi connectivity index (χ1v) is 4.93. The minimum atomic E-state index is -0.150. The fourth-order valence-corrected chi connectivity index (χ4v) is 1.56. The Kier molecular flexibility index (Phi) is 2.59. The Morgan fingerprint density at radius 3 is 3.07 bits per heavy atom. The maximum absolute atomic E-state index is 11.4. The first-order valence-electron chi connectivity index (χ1n) is 4.93. The van der Waals surface area contributed by atoms with Gasteiger partial charge in [0.1, 0.15) is 0 Å². The molecule has 0 bridgehead atoms. The van der Waals surface area contributed by atoms with Gasteiger partial charge in [0.15, 0.2) is 5.82 Å². The van der Waals surface area contributed by atoms with Crippen LogP contribution in [-0.2, 0) is 13.0 Å². The molecule has 6 heteroatoms. The summed E-state index contributed by atoms with van der Waals surface area (Å²) in [6.45, 7) is 1.72. The molecule has 0 radical (unpaired) electrons. The van der Waals surface area contributed by atoms with E-state index >= 15 is 0 Å². The lowest BCUT2D eigenvalue weighted by atomic mass is 10.1. The molecule has 0 fully saturated rings. The molecule has 1 aromatic heterocycles. The zero-order chi connectivity index (χ0) is 10.8. The number of aromatic nitrogens is 2. The Balaban J connectivity index is 2.15. The fraction of sp³-hybridized carbons (Fsp3) is 0.556. The van der Waals surface area contributed by atoms with Crippen LogP contribution in [0.1, 0.15) is 11.3 Å². The molecule has 1 aliphatic rings. The maximum Gasteiger partial charge on any atom is 0.322 e.